The summed E-state index contributed by atoms with van der Waals surface area (Å²) in [4.78, 5) is 12.9. The molecule has 1 aromatic heterocycles. The fourth-order valence-corrected chi connectivity index (χ4v) is 2.58. The summed E-state index contributed by atoms with van der Waals surface area (Å²) >= 11 is 1.50. The molecule has 3 N–H and O–H groups in total. The zero-order valence-electron chi connectivity index (χ0n) is 11.9. The standard InChI is InChI=1S/C15H18N2O3S/c1-10-6-7-14(21-10)17-15(19)16-9-13(18)11-4-3-5-12(8-11)20-2/h3-8,13,18H,9H2,1-2H3,(H2,16,17,19). The summed E-state index contributed by atoms with van der Waals surface area (Å²) in [6, 6.07) is 10.6. The third-order valence-electron chi connectivity index (χ3n) is 2.91. The molecule has 1 unspecified atom stereocenters. The van der Waals surface area contributed by atoms with Crippen LogP contribution in [0.3, 0.4) is 0 Å². The van der Waals surface area contributed by atoms with Crippen molar-refractivity contribution in [3.8, 4) is 5.75 Å². The molecule has 2 rings (SSSR count). The maximum Gasteiger partial charge on any atom is 0.319 e. The molecule has 0 aliphatic carbocycles. The van der Waals surface area contributed by atoms with Crippen molar-refractivity contribution < 1.29 is 14.6 Å². The molecule has 0 fully saturated rings. The average molecular weight is 306 g/mol. The Hall–Kier alpha value is -2.05. The van der Waals surface area contributed by atoms with Crippen LogP contribution in [0.15, 0.2) is 36.4 Å². The minimum atomic E-state index is -0.782. The highest BCUT2D eigenvalue weighted by Gasteiger charge is 2.10. The molecule has 5 nitrogen and oxygen atoms in total. The summed E-state index contributed by atoms with van der Waals surface area (Å²) < 4.78 is 5.10. The van der Waals surface area contributed by atoms with E-state index in [2.05, 4.69) is 10.6 Å². The lowest BCUT2D eigenvalue weighted by Crippen LogP contribution is -2.32. The van der Waals surface area contributed by atoms with Crippen molar-refractivity contribution in [2.75, 3.05) is 19.0 Å². The van der Waals surface area contributed by atoms with Gasteiger partial charge in [-0.15, -0.1) is 11.3 Å². The molecule has 1 atom stereocenters. The molecule has 0 spiro atoms. The first kappa shape index (κ1) is 15.3. The number of carbonyl (C=O) groups excluding carboxylic acids is 1. The number of rotatable bonds is 5. The number of hydrogen-bond donors (Lipinski definition) is 3. The van der Waals surface area contributed by atoms with E-state index in [0.717, 1.165) is 9.88 Å². The van der Waals surface area contributed by atoms with E-state index in [1.54, 1.807) is 31.4 Å². The molecule has 0 saturated carbocycles. The van der Waals surface area contributed by atoms with Gasteiger partial charge in [0.25, 0.3) is 0 Å². The molecule has 21 heavy (non-hydrogen) atoms. The Bertz CT molecular complexity index is 612. The van der Waals surface area contributed by atoms with Crippen molar-refractivity contribution in [2.45, 2.75) is 13.0 Å². The number of benzene rings is 1. The summed E-state index contributed by atoms with van der Waals surface area (Å²) in [7, 11) is 1.57. The number of methoxy groups -OCH3 is 1. The van der Waals surface area contributed by atoms with Crippen LogP contribution in [0, 0.1) is 6.92 Å². The number of hydrogen-bond acceptors (Lipinski definition) is 4. The Morgan fingerprint density at radius 2 is 2.19 bits per heavy atom. The number of aryl methyl sites for hydroxylation is 1. The zero-order valence-corrected chi connectivity index (χ0v) is 12.7. The Balaban J connectivity index is 1.85. The summed E-state index contributed by atoms with van der Waals surface area (Å²) in [5, 5.41) is 16.2. The van der Waals surface area contributed by atoms with E-state index >= 15 is 0 Å². The topological polar surface area (TPSA) is 70.6 Å². The second-order valence-corrected chi connectivity index (χ2v) is 5.83. The van der Waals surface area contributed by atoms with Gasteiger partial charge in [0.1, 0.15) is 5.75 Å². The lowest BCUT2D eigenvalue weighted by Gasteiger charge is -2.13. The summed E-state index contributed by atoms with van der Waals surface area (Å²) in [6.07, 6.45) is -0.782. The van der Waals surface area contributed by atoms with E-state index < -0.39 is 6.10 Å². The number of aliphatic hydroxyl groups excluding tert-OH is 1. The lowest BCUT2D eigenvalue weighted by molar-refractivity contribution is 0.175. The smallest absolute Gasteiger partial charge is 0.319 e. The Morgan fingerprint density at radius 1 is 1.38 bits per heavy atom. The first-order chi connectivity index (χ1) is 10.1. The van der Waals surface area contributed by atoms with Crippen LogP contribution in [0.25, 0.3) is 0 Å². The van der Waals surface area contributed by atoms with E-state index in [1.807, 2.05) is 19.1 Å². The van der Waals surface area contributed by atoms with E-state index in [9.17, 15) is 9.90 Å². The predicted octanol–water partition coefficient (Wildman–Crippen LogP) is 2.92. The number of ether oxygens (including phenoxy) is 1. The molecule has 2 aromatic rings. The lowest BCUT2D eigenvalue weighted by atomic mass is 10.1. The SMILES string of the molecule is COc1cccc(C(O)CNC(=O)Nc2ccc(C)s2)c1. The molecule has 1 aromatic carbocycles. The van der Waals surface area contributed by atoms with Gasteiger partial charge in [-0.25, -0.2) is 4.79 Å². The Labute approximate surface area is 127 Å². The van der Waals surface area contributed by atoms with Gasteiger partial charge in [0.2, 0.25) is 0 Å². The molecule has 0 aliphatic heterocycles. The summed E-state index contributed by atoms with van der Waals surface area (Å²) in [6.45, 7) is 2.10. The van der Waals surface area contributed by atoms with Crippen LogP contribution >= 0.6 is 11.3 Å². The highest BCUT2D eigenvalue weighted by atomic mass is 32.1. The highest BCUT2D eigenvalue weighted by Crippen LogP contribution is 2.21. The minimum Gasteiger partial charge on any atom is -0.497 e. The van der Waals surface area contributed by atoms with Gasteiger partial charge in [0.05, 0.1) is 18.2 Å². The number of anilines is 1. The number of amides is 2. The Kier molecular flexibility index (Phi) is 5.19. The van der Waals surface area contributed by atoms with Crippen molar-refractivity contribution in [3.05, 3.63) is 46.8 Å². The van der Waals surface area contributed by atoms with Gasteiger partial charge in [-0.2, -0.15) is 0 Å². The molecule has 1 heterocycles. The molecule has 6 heteroatoms. The number of urea groups is 1. The largest absolute Gasteiger partial charge is 0.497 e. The van der Waals surface area contributed by atoms with E-state index in [1.165, 1.54) is 11.3 Å². The third-order valence-corrected chi connectivity index (χ3v) is 3.83. The van der Waals surface area contributed by atoms with Crippen molar-refractivity contribution in [1.29, 1.82) is 0 Å². The maximum atomic E-state index is 11.7. The van der Waals surface area contributed by atoms with Crippen LogP contribution in [-0.2, 0) is 0 Å². The number of carbonyl (C=O) groups is 1. The number of thiophene rings is 1. The van der Waals surface area contributed by atoms with Crippen LogP contribution in [0.2, 0.25) is 0 Å². The maximum absolute atomic E-state index is 11.7. The van der Waals surface area contributed by atoms with Crippen LogP contribution in [0.5, 0.6) is 5.75 Å². The first-order valence-corrected chi connectivity index (χ1v) is 7.33. The second-order valence-electron chi connectivity index (χ2n) is 4.54. The third kappa shape index (κ3) is 4.47. The fraction of sp³-hybridized carbons (Fsp3) is 0.267. The summed E-state index contributed by atoms with van der Waals surface area (Å²) in [5.74, 6) is 0.671. The molecule has 0 radical (unpaired) electrons. The van der Waals surface area contributed by atoms with Crippen molar-refractivity contribution in [1.82, 2.24) is 5.32 Å². The second kappa shape index (κ2) is 7.10. The quantitative estimate of drug-likeness (QED) is 0.795. The van der Waals surface area contributed by atoms with E-state index in [0.29, 0.717) is 11.3 Å². The molecule has 112 valence electrons. The van der Waals surface area contributed by atoms with Crippen LogP contribution in [0.1, 0.15) is 16.5 Å². The van der Waals surface area contributed by atoms with Crippen molar-refractivity contribution in [2.24, 2.45) is 0 Å². The van der Waals surface area contributed by atoms with E-state index in [-0.39, 0.29) is 12.6 Å². The van der Waals surface area contributed by atoms with Gasteiger partial charge < -0.3 is 15.2 Å². The number of aliphatic hydroxyl groups is 1. The zero-order chi connectivity index (χ0) is 15.2. The molecular weight excluding hydrogens is 288 g/mol. The predicted molar refractivity (Wildman–Crippen MR) is 84.0 cm³/mol. The van der Waals surface area contributed by atoms with Gasteiger partial charge in [-0.05, 0) is 36.8 Å². The van der Waals surface area contributed by atoms with E-state index in [4.69, 9.17) is 4.74 Å². The molecular formula is C15H18N2O3S. The summed E-state index contributed by atoms with van der Waals surface area (Å²) in [5.41, 5.74) is 0.696. The van der Waals surface area contributed by atoms with Gasteiger partial charge in [-0.1, -0.05) is 12.1 Å². The Morgan fingerprint density at radius 3 is 2.86 bits per heavy atom. The highest BCUT2D eigenvalue weighted by molar-refractivity contribution is 7.16. The normalized spacial score (nSPS) is 11.8. The average Bonchev–Trinajstić information content (AvgIpc) is 2.90. The molecule has 0 aliphatic rings. The van der Waals surface area contributed by atoms with Crippen LogP contribution < -0.4 is 15.4 Å². The van der Waals surface area contributed by atoms with Gasteiger partial charge in [0, 0.05) is 11.4 Å². The van der Waals surface area contributed by atoms with Gasteiger partial charge in [0.15, 0.2) is 0 Å². The first-order valence-electron chi connectivity index (χ1n) is 6.52. The van der Waals surface area contributed by atoms with Crippen molar-refractivity contribution >= 4 is 22.4 Å². The van der Waals surface area contributed by atoms with Gasteiger partial charge in [-0.3, -0.25) is 5.32 Å². The molecule has 2 amide bonds. The monoisotopic (exact) mass is 306 g/mol. The van der Waals surface area contributed by atoms with Gasteiger partial charge >= 0.3 is 6.03 Å². The van der Waals surface area contributed by atoms with Crippen molar-refractivity contribution in [3.63, 3.8) is 0 Å². The van der Waals surface area contributed by atoms with Crippen LogP contribution in [0.4, 0.5) is 9.80 Å². The molecule has 0 saturated heterocycles. The fourth-order valence-electron chi connectivity index (χ4n) is 1.81. The minimum absolute atomic E-state index is 0.128. The molecule has 0 bridgehead atoms. The number of nitrogens with one attached hydrogen (secondary N) is 2. The van der Waals surface area contributed by atoms with Crippen LogP contribution in [-0.4, -0.2) is 24.8 Å².